The monoisotopic (exact) mass is 229 g/mol. The van der Waals surface area contributed by atoms with Crippen LogP contribution in [0.15, 0.2) is 42.7 Å². The smallest absolute Gasteiger partial charge is 0.125 e. The van der Waals surface area contributed by atoms with Gasteiger partial charge in [0, 0.05) is 18.9 Å². The maximum atomic E-state index is 6.18. The van der Waals surface area contributed by atoms with Gasteiger partial charge in [-0.1, -0.05) is 30.3 Å². The van der Waals surface area contributed by atoms with E-state index in [1.165, 1.54) is 5.56 Å². The summed E-state index contributed by atoms with van der Waals surface area (Å²) in [5, 5.41) is 0. The van der Waals surface area contributed by atoms with Crippen LogP contribution in [0, 0.1) is 0 Å². The van der Waals surface area contributed by atoms with Crippen molar-refractivity contribution in [3.63, 3.8) is 0 Å². The van der Waals surface area contributed by atoms with Crippen LogP contribution in [0.25, 0.3) is 0 Å². The van der Waals surface area contributed by atoms with Gasteiger partial charge in [-0.25, -0.2) is 4.98 Å². The minimum Gasteiger partial charge on any atom is -0.334 e. The van der Waals surface area contributed by atoms with E-state index in [1.807, 2.05) is 18.5 Å². The van der Waals surface area contributed by atoms with Crippen molar-refractivity contribution >= 4 is 0 Å². The van der Waals surface area contributed by atoms with Gasteiger partial charge in [-0.05, 0) is 25.3 Å². The van der Waals surface area contributed by atoms with Crippen molar-refractivity contribution in [1.29, 1.82) is 0 Å². The zero-order valence-electron chi connectivity index (χ0n) is 10.2. The van der Waals surface area contributed by atoms with Crippen molar-refractivity contribution < 1.29 is 0 Å². The summed E-state index contributed by atoms with van der Waals surface area (Å²) in [4.78, 5) is 4.34. The Morgan fingerprint density at radius 2 is 2.06 bits per heavy atom. The summed E-state index contributed by atoms with van der Waals surface area (Å²) in [5.74, 6) is 0.989. The molecule has 0 saturated carbocycles. The normalized spacial score (nSPS) is 12.6. The van der Waals surface area contributed by atoms with Gasteiger partial charge in [-0.3, -0.25) is 0 Å². The van der Waals surface area contributed by atoms with E-state index in [0.717, 1.165) is 25.2 Å². The van der Waals surface area contributed by atoms with E-state index in [4.69, 9.17) is 5.73 Å². The van der Waals surface area contributed by atoms with Gasteiger partial charge in [0.2, 0.25) is 0 Å². The van der Waals surface area contributed by atoms with Crippen LogP contribution in [-0.2, 0) is 13.0 Å². The molecule has 17 heavy (non-hydrogen) atoms. The second-order valence-electron chi connectivity index (χ2n) is 4.20. The lowest BCUT2D eigenvalue weighted by atomic mass is 10.1. The van der Waals surface area contributed by atoms with Crippen molar-refractivity contribution in [3.05, 3.63) is 54.1 Å². The summed E-state index contributed by atoms with van der Waals surface area (Å²) in [6.45, 7) is 3.03. The highest BCUT2D eigenvalue weighted by atomic mass is 15.1. The van der Waals surface area contributed by atoms with Crippen molar-refractivity contribution in [2.24, 2.45) is 5.73 Å². The Bertz CT molecular complexity index is 448. The van der Waals surface area contributed by atoms with Crippen LogP contribution in [0.3, 0.4) is 0 Å². The molecule has 3 heteroatoms. The SMILES string of the molecule is CCn1ccnc1C(N)CCc1ccccc1. The molecule has 2 aromatic rings. The fraction of sp³-hybridized carbons (Fsp3) is 0.357. The zero-order valence-corrected chi connectivity index (χ0v) is 10.2. The highest BCUT2D eigenvalue weighted by Crippen LogP contribution is 2.15. The third-order valence-corrected chi connectivity index (χ3v) is 3.01. The molecule has 1 unspecified atom stereocenters. The van der Waals surface area contributed by atoms with E-state index in [9.17, 15) is 0 Å². The first-order chi connectivity index (χ1) is 8.31. The summed E-state index contributed by atoms with van der Waals surface area (Å²) in [7, 11) is 0. The highest BCUT2D eigenvalue weighted by Gasteiger charge is 2.11. The summed E-state index contributed by atoms with van der Waals surface area (Å²) < 4.78 is 2.11. The minimum atomic E-state index is 0.0187. The summed E-state index contributed by atoms with van der Waals surface area (Å²) in [6, 6.07) is 10.5. The number of nitrogens with two attached hydrogens (primary N) is 1. The molecule has 0 aliphatic rings. The molecule has 1 aromatic heterocycles. The number of nitrogens with zero attached hydrogens (tertiary/aromatic N) is 2. The van der Waals surface area contributed by atoms with Crippen LogP contribution in [-0.4, -0.2) is 9.55 Å². The molecule has 0 aliphatic carbocycles. The highest BCUT2D eigenvalue weighted by molar-refractivity contribution is 5.15. The molecule has 2 N–H and O–H groups in total. The quantitative estimate of drug-likeness (QED) is 0.856. The summed E-state index contributed by atoms with van der Waals surface area (Å²) in [5.41, 5.74) is 7.51. The van der Waals surface area contributed by atoms with Gasteiger partial charge in [0.25, 0.3) is 0 Å². The molecule has 1 atom stereocenters. The van der Waals surface area contributed by atoms with Crippen LogP contribution in [0.1, 0.15) is 30.8 Å². The average molecular weight is 229 g/mol. The van der Waals surface area contributed by atoms with Crippen molar-refractivity contribution in [1.82, 2.24) is 9.55 Å². The molecule has 90 valence electrons. The Labute approximate surface area is 102 Å². The second-order valence-corrected chi connectivity index (χ2v) is 4.20. The Balaban J connectivity index is 1.96. The first kappa shape index (κ1) is 11.9. The molecule has 1 heterocycles. The van der Waals surface area contributed by atoms with E-state index in [1.54, 1.807) is 0 Å². The van der Waals surface area contributed by atoms with E-state index >= 15 is 0 Å². The Morgan fingerprint density at radius 1 is 1.29 bits per heavy atom. The van der Waals surface area contributed by atoms with E-state index in [2.05, 4.69) is 40.7 Å². The first-order valence-electron chi connectivity index (χ1n) is 6.11. The number of rotatable bonds is 5. The molecule has 0 bridgehead atoms. The largest absolute Gasteiger partial charge is 0.334 e. The molecule has 1 aromatic carbocycles. The van der Waals surface area contributed by atoms with Gasteiger partial charge in [-0.15, -0.1) is 0 Å². The van der Waals surface area contributed by atoms with Gasteiger partial charge in [0.15, 0.2) is 0 Å². The van der Waals surface area contributed by atoms with E-state index in [0.29, 0.717) is 0 Å². The zero-order chi connectivity index (χ0) is 12.1. The van der Waals surface area contributed by atoms with Gasteiger partial charge in [0.05, 0.1) is 6.04 Å². The lowest BCUT2D eigenvalue weighted by Gasteiger charge is -2.12. The number of hydrogen-bond donors (Lipinski definition) is 1. The topological polar surface area (TPSA) is 43.8 Å². The minimum absolute atomic E-state index is 0.0187. The molecule has 0 aliphatic heterocycles. The summed E-state index contributed by atoms with van der Waals surface area (Å²) in [6.07, 6.45) is 5.73. The van der Waals surface area contributed by atoms with Crippen LogP contribution in [0.2, 0.25) is 0 Å². The van der Waals surface area contributed by atoms with Gasteiger partial charge < -0.3 is 10.3 Å². The van der Waals surface area contributed by atoms with Crippen LogP contribution >= 0.6 is 0 Å². The molecule has 0 amide bonds. The van der Waals surface area contributed by atoms with Gasteiger partial charge in [-0.2, -0.15) is 0 Å². The molecular weight excluding hydrogens is 210 g/mol. The third kappa shape index (κ3) is 2.94. The van der Waals surface area contributed by atoms with Crippen molar-refractivity contribution in [2.45, 2.75) is 32.4 Å². The molecule has 0 saturated heterocycles. The van der Waals surface area contributed by atoms with Gasteiger partial charge in [0.1, 0.15) is 5.82 Å². The number of aryl methyl sites for hydroxylation is 2. The molecule has 2 rings (SSSR count). The van der Waals surface area contributed by atoms with Crippen LogP contribution < -0.4 is 5.73 Å². The number of hydrogen-bond acceptors (Lipinski definition) is 2. The first-order valence-corrected chi connectivity index (χ1v) is 6.11. The number of aromatic nitrogens is 2. The molecule has 0 radical (unpaired) electrons. The predicted molar refractivity (Wildman–Crippen MR) is 69.6 cm³/mol. The lowest BCUT2D eigenvalue weighted by molar-refractivity contribution is 0.567. The fourth-order valence-corrected chi connectivity index (χ4v) is 2.01. The Hall–Kier alpha value is -1.61. The van der Waals surface area contributed by atoms with E-state index < -0.39 is 0 Å². The average Bonchev–Trinajstić information content (AvgIpc) is 2.85. The Morgan fingerprint density at radius 3 is 2.76 bits per heavy atom. The third-order valence-electron chi connectivity index (χ3n) is 3.01. The van der Waals surface area contributed by atoms with Crippen molar-refractivity contribution in [2.75, 3.05) is 0 Å². The number of imidazole rings is 1. The molecule has 0 fully saturated rings. The van der Waals surface area contributed by atoms with E-state index in [-0.39, 0.29) is 6.04 Å². The van der Waals surface area contributed by atoms with Crippen LogP contribution in [0.4, 0.5) is 0 Å². The second kappa shape index (κ2) is 5.64. The maximum Gasteiger partial charge on any atom is 0.125 e. The lowest BCUT2D eigenvalue weighted by Crippen LogP contribution is -2.17. The Kier molecular flexibility index (Phi) is 3.94. The maximum absolute atomic E-state index is 6.18. The predicted octanol–water partition coefficient (Wildman–Crippen LogP) is 2.54. The molecule has 0 spiro atoms. The van der Waals surface area contributed by atoms with Gasteiger partial charge >= 0.3 is 0 Å². The standard InChI is InChI=1S/C14H19N3/c1-2-17-11-10-16-14(17)13(15)9-8-12-6-4-3-5-7-12/h3-7,10-11,13H,2,8-9,15H2,1H3. The number of benzene rings is 1. The van der Waals surface area contributed by atoms with Crippen LogP contribution in [0.5, 0.6) is 0 Å². The molecular formula is C14H19N3. The summed E-state index contributed by atoms with van der Waals surface area (Å²) >= 11 is 0. The van der Waals surface area contributed by atoms with Crippen molar-refractivity contribution in [3.8, 4) is 0 Å². The molecule has 3 nitrogen and oxygen atoms in total. The fourth-order valence-electron chi connectivity index (χ4n) is 2.01.